The van der Waals surface area contributed by atoms with Gasteiger partial charge in [-0.15, -0.1) is 0 Å². The van der Waals surface area contributed by atoms with Crippen molar-refractivity contribution in [2.45, 2.75) is 27.2 Å². The Kier molecular flexibility index (Phi) is 6.47. The molecule has 0 atom stereocenters. The van der Waals surface area contributed by atoms with Crippen LogP contribution in [0.15, 0.2) is 24.5 Å². The van der Waals surface area contributed by atoms with Crippen LogP contribution in [-0.4, -0.2) is 48.0 Å². The second-order valence-electron chi connectivity index (χ2n) is 6.61. The first-order valence-corrected chi connectivity index (χ1v) is 8.46. The summed E-state index contributed by atoms with van der Waals surface area (Å²) in [6.07, 6.45) is 4.01. The average molecular weight is 341 g/mol. The van der Waals surface area contributed by atoms with E-state index in [1.165, 1.54) is 5.56 Å². The number of nitrogens with one attached hydrogen (secondary N) is 2. The van der Waals surface area contributed by atoms with Crippen molar-refractivity contribution in [3.63, 3.8) is 0 Å². The molecule has 0 saturated heterocycles. The van der Waals surface area contributed by atoms with E-state index in [1.807, 2.05) is 14.1 Å². The lowest BCUT2D eigenvalue weighted by atomic mass is 10.1. The van der Waals surface area contributed by atoms with Crippen LogP contribution in [0.2, 0.25) is 0 Å². The molecule has 1 heterocycles. The van der Waals surface area contributed by atoms with E-state index in [9.17, 15) is 4.79 Å². The zero-order valence-corrected chi connectivity index (χ0v) is 15.7. The minimum absolute atomic E-state index is 0.145. The predicted molar refractivity (Wildman–Crippen MR) is 101 cm³/mol. The average Bonchev–Trinajstić information content (AvgIpc) is 2.55. The van der Waals surface area contributed by atoms with Crippen LogP contribution in [0.1, 0.15) is 33.5 Å². The summed E-state index contributed by atoms with van der Waals surface area (Å²) in [5.41, 5.74) is 4.98. The number of aromatic nitrogens is 2. The summed E-state index contributed by atoms with van der Waals surface area (Å²) in [5, 5.41) is 6.12. The van der Waals surface area contributed by atoms with Gasteiger partial charge in [0, 0.05) is 24.6 Å². The lowest BCUT2D eigenvalue weighted by Gasteiger charge is -2.13. The zero-order valence-electron chi connectivity index (χ0n) is 15.7. The Bertz CT molecular complexity index is 702. The third-order valence-electron chi connectivity index (χ3n) is 3.90. The monoisotopic (exact) mass is 341 g/mol. The molecule has 0 fully saturated rings. The second kappa shape index (κ2) is 8.58. The summed E-state index contributed by atoms with van der Waals surface area (Å²) < 4.78 is 0. The molecule has 134 valence electrons. The minimum atomic E-state index is -0.145. The molecule has 1 aromatic carbocycles. The van der Waals surface area contributed by atoms with Gasteiger partial charge in [0.25, 0.3) is 5.91 Å². The van der Waals surface area contributed by atoms with Crippen molar-refractivity contribution in [1.29, 1.82) is 0 Å². The lowest BCUT2D eigenvalue weighted by molar-refractivity contribution is 0.0951. The van der Waals surface area contributed by atoms with E-state index in [0.29, 0.717) is 18.1 Å². The lowest BCUT2D eigenvalue weighted by Crippen LogP contribution is -2.27. The molecule has 0 spiro atoms. The number of anilines is 2. The van der Waals surface area contributed by atoms with Gasteiger partial charge < -0.3 is 15.5 Å². The molecule has 25 heavy (non-hydrogen) atoms. The molecule has 0 saturated carbocycles. The highest BCUT2D eigenvalue weighted by Gasteiger charge is 2.09. The van der Waals surface area contributed by atoms with Crippen LogP contribution in [0, 0.1) is 20.8 Å². The highest BCUT2D eigenvalue weighted by Crippen LogP contribution is 2.24. The number of carbonyl (C=O) groups is 1. The van der Waals surface area contributed by atoms with Crippen molar-refractivity contribution in [2.75, 3.05) is 32.5 Å². The maximum atomic E-state index is 12.1. The van der Waals surface area contributed by atoms with Gasteiger partial charge in [-0.05, 0) is 59.0 Å². The van der Waals surface area contributed by atoms with E-state index >= 15 is 0 Å². The molecule has 0 radical (unpaired) electrons. The third-order valence-corrected chi connectivity index (χ3v) is 3.90. The molecule has 2 aromatic rings. The Hall–Kier alpha value is -2.47. The first kappa shape index (κ1) is 18.9. The van der Waals surface area contributed by atoms with E-state index in [-0.39, 0.29) is 5.91 Å². The van der Waals surface area contributed by atoms with Gasteiger partial charge in [-0.3, -0.25) is 4.79 Å². The van der Waals surface area contributed by atoms with Crippen LogP contribution in [0.3, 0.4) is 0 Å². The highest BCUT2D eigenvalue weighted by molar-refractivity contribution is 5.93. The van der Waals surface area contributed by atoms with Crippen LogP contribution in [0.5, 0.6) is 0 Å². The summed E-state index contributed by atoms with van der Waals surface area (Å²) in [6.45, 7) is 7.76. The number of rotatable bonds is 7. The maximum Gasteiger partial charge on any atom is 0.254 e. The van der Waals surface area contributed by atoms with Gasteiger partial charge in [-0.25, -0.2) is 9.97 Å². The third kappa shape index (κ3) is 5.53. The van der Waals surface area contributed by atoms with Gasteiger partial charge in [-0.2, -0.15) is 0 Å². The molecule has 6 heteroatoms. The smallest absolute Gasteiger partial charge is 0.254 e. The second-order valence-corrected chi connectivity index (χ2v) is 6.61. The highest BCUT2D eigenvalue weighted by atomic mass is 16.1. The van der Waals surface area contributed by atoms with E-state index < -0.39 is 0 Å². The Morgan fingerprint density at radius 2 is 1.68 bits per heavy atom. The zero-order chi connectivity index (χ0) is 18.4. The summed E-state index contributed by atoms with van der Waals surface area (Å²) in [6, 6.07) is 4.23. The fourth-order valence-electron chi connectivity index (χ4n) is 2.70. The van der Waals surface area contributed by atoms with E-state index in [2.05, 4.69) is 58.4 Å². The fourth-order valence-corrected chi connectivity index (χ4v) is 2.70. The fraction of sp³-hybridized carbons (Fsp3) is 0.421. The minimum Gasteiger partial charge on any atom is -0.352 e. The molecule has 1 aromatic heterocycles. The van der Waals surface area contributed by atoms with Crippen molar-refractivity contribution < 1.29 is 4.79 Å². The van der Waals surface area contributed by atoms with Crippen LogP contribution in [0.4, 0.5) is 11.6 Å². The molecule has 2 rings (SSSR count). The Morgan fingerprint density at radius 3 is 2.24 bits per heavy atom. The van der Waals surface area contributed by atoms with E-state index in [1.54, 1.807) is 12.4 Å². The number of nitrogens with zero attached hydrogens (tertiary/aromatic N) is 3. The number of aryl methyl sites for hydroxylation is 3. The molecule has 1 amide bonds. The van der Waals surface area contributed by atoms with Crippen LogP contribution >= 0.6 is 0 Å². The van der Waals surface area contributed by atoms with Gasteiger partial charge in [0.05, 0.1) is 5.56 Å². The molecule has 0 unspecified atom stereocenters. The molecule has 0 aliphatic heterocycles. The Morgan fingerprint density at radius 1 is 1.08 bits per heavy atom. The van der Waals surface area contributed by atoms with Crippen LogP contribution < -0.4 is 10.6 Å². The van der Waals surface area contributed by atoms with Crippen molar-refractivity contribution in [3.8, 4) is 0 Å². The van der Waals surface area contributed by atoms with Crippen molar-refractivity contribution in [3.05, 3.63) is 46.8 Å². The number of carbonyl (C=O) groups excluding carboxylic acids is 1. The molecular weight excluding hydrogens is 314 g/mol. The van der Waals surface area contributed by atoms with Crippen molar-refractivity contribution in [1.82, 2.24) is 20.2 Å². The number of hydrogen-bond acceptors (Lipinski definition) is 5. The molecule has 0 bridgehead atoms. The van der Waals surface area contributed by atoms with Crippen LogP contribution in [0.25, 0.3) is 0 Å². The quantitative estimate of drug-likeness (QED) is 0.758. The predicted octanol–water partition coefficient (Wildman–Crippen LogP) is 2.83. The molecular formula is C19H27N5O. The summed E-state index contributed by atoms with van der Waals surface area (Å²) in [4.78, 5) is 22.7. The standard InChI is InChI=1S/C19H27N5O/c1-13-9-14(2)17(15(3)10-13)23-19-21-11-16(12-22-19)18(25)20-7-6-8-24(4)5/h9-12H,6-8H2,1-5H3,(H,20,25)(H,21,22,23). The van der Waals surface area contributed by atoms with Gasteiger partial charge >= 0.3 is 0 Å². The van der Waals surface area contributed by atoms with E-state index in [4.69, 9.17) is 0 Å². The van der Waals surface area contributed by atoms with Gasteiger partial charge in [0.2, 0.25) is 5.95 Å². The topological polar surface area (TPSA) is 70.2 Å². The molecule has 0 aliphatic carbocycles. The van der Waals surface area contributed by atoms with E-state index in [0.717, 1.165) is 29.8 Å². The number of amides is 1. The van der Waals surface area contributed by atoms with Gasteiger partial charge in [0.15, 0.2) is 0 Å². The van der Waals surface area contributed by atoms with Crippen molar-refractivity contribution in [2.24, 2.45) is 0 Å². The normalized spacial score (nSPS) is 10.8. The van der Waals surface area contributed by atoms with Gasteiger partial charge in [-0.1, -0.05) is 17.7 Å². The largest absolute Gasteiger partial charge is 0.352 e. The van der Waals surface area contributed by atoms with Gasteiger partial charge in [0.1, 0.15) is 0 Å². The Balaban J connectivity index is 1.97. The molecule has 6 nitrogen and oxygen atoms in total. The summed E-state index contributed by atoms with van der Waals surface area (Å²) in [7, 11) is 4.03. The first-order valence-electron chi connectivity index (χ1n) is 8.46. The SMILES string of the molecule is Cc1cc(C)c(Nc2ncc(C(=O)NCCCN(C)C)cn2)c(C)c1. The number of benzene rings is 1. The summed E-state index contributed by atoms with van der Waals surface area (Å²) in [5.74, 6) is 0.340. The first-order chi connectivity index (χ1) is 11.9. The molecule has 2 N–H and O–H groups in total. The Labute approximate surface area is 149 Å². The molecule has 0 aliphatic rings. The van der Waals surface area contributed by atoms with Crippen molar-refractivity contribution >= 4 is 17.5 Å². The summed E-state index contributed by atoms with van der Waals surface area (Å²) >= 11 is 0. The number of hydrogen-bond donors (Lipinski definition) is 2. The van der Waals surface area contributed by atoms with Crippen LogP contribution in [-0.2, 0) is 0 Å². The maximum absolute atomic E-state index is 12.1.